The maximum atomic E-state index is 5.58. The minimum Gasteiger partial charge on any atom is -0.381 e. The van der Waals surface area contributed by atoms with E-state index in [2.05, 4.69) is 36.1 Å². The molecule has 5 nitrogen and oxygen atoms in total. The van der Waals surface area contributed by atoms with Crippen LogP contribution in [0.4, 0.5) is 11.6 Å². The third-order valence-corrected chi connectivity index (χ3v) is 1.98. The van der Waals surface area contributed by atoms with Crippen LogP contribution in [-0.4, -0.2) is 23.1 Å². The molecule has 0 saturated carbocycles. The molecule has 0 aromatic carbocycles. The number of hydrogen-bond acceptors (Lipinski definition) is 5. The van der Waals surface area contributed by atoms with Crippen molar-refractivity contribution in [2.45, 2.75) is 26.2 Å². The maximum Gasteiger partial charge on any atom is 0.220 e. The van der Waals surface area contributed by atoms with Crippen molar-refractivity contribution < 1.29 is 0 Å². The van der Waals surface area contributed by atoms with Crippen LogP contribution in [0.2, 0.25) is 0 Å². The summed E-state index contributed by atoms with van der Waals surface area (Å²) in [7, 11) is 0. The second-order valence-electron chi connectivity index (χ2n) is 4.46. The Hall–Kier alpha value is -1.36. The molecule has 0 aliphatic carbocycles. The van der Waals surface area contributed by atoms with Gasteiger partial charge in [-0.15, -0.1) is 0 Å². The van der Waals surface area contributed by atoms with Crippen molar-refractivity contribution in [2.24, 2.45) is 5.73 Å². The molecule has 5 heteroatoms. The first kappa shape index (κ1) is 11.7. The highest BCUT2D eigenvalue weighted by atomic mass is 15.0. The van der Waals surface area contributed by atoms with Gasteiger partial charge >= 0.3 is 0 Å². The van der Waals surface area contributed by atoms with Crippen LogP contribution < -0.4 is 16.8 Å². The van der Waals surface area contributed by atoms with Crippen LogP contribution >= 0.6 is 0 Å². The maximum absolute atomic E-state index is 5.58. The molecule has 1 rings (SSSR count). The molecule has 0 atom stereocenters. The molecule has 15 heavy (non-hydrogen) atoms. The fourth-order valence-electron chi connectivity index (χ4n) is 1.30. The minimum absolute atomic E-state index is 0.0615. The Morgan fingerprint density at radius 3 is 2.60 bits per heavy atom. The molecule has 0 spiro atoms. The lowest BCUT2D eigenvalue weighted by atomic mass is 9.91. The van der Waals surface area contributed by atoms with Crippen molar-refractivity contribution in [3.8, 4) is 0 Å². The number of anilines is 2. The Labute approximate surface area is 90.3 Å². The standard InChI is InChI=1S/C10H19N5/c1-10(2,3)8-7(13-5-4-11)6-14-9(12)15-8/h6,13H,4-5,11H2,1-3H3,(H2,12,14,15). The molecule has 0 saturated heterocycles. The number of rotatable bonds is 3. The number of aromatic nitrogens is 2. The van der Waals surface area contributed by atoms with Crippen LogP contribution in [-0.2, 0) is 5.41 Å². The molecule has 1 heterocycles. The van der Waals surface area contributed by atoms with E-state index in [0.29, 0.717) is 19.0 Å². The lowest BCUT2D eigenvalue weighted by molar-refractivity contribution is 0.570. The highest BCUT2D eigenvalue weighted by molar-refractivity contribution is 5.50. The van der Waals surface area contributed by atoms with Gasteiger partial charge in [-0.2, -0.15) is 0 Å². The van der Waals surface area contributed by atoms with Gasteiger partial charge in [0.15, 0.2) is 0 Å². The SMILES string of the molecule is CC(C)(C)c1nc(N)ncc1NCCN. The zero-order chi connectivity index (χ0) is 11.5. The average molecular weight is 209 g/mol. The van der Waals surface area contributed by atoms with Gasteiger partial charge in [0.25, 0.3) is 0 Å². The molecule has 0 bridgehead atoms. The predicted molar refractivity (Wildman–Crippen MR) is 62.7 cm³/mol. The van der Waals surface area contributed by atoms with Gasteiger partial charge in [-0.3, -0.25) is 0 Å². The second-order valence-corrected chi connectivity index (χ2v) is 4.46. The van der Waals surface area contributed by atoms with Gasteiger partial charge in [-0.05, 0) is 0 Å². The molecule has 1 aromatic heterocycles. The van der Waals surface area contributed by atoms with Gasteiger partial charge in [0.2, 0.25) is 5.95 Å². The molecule has 84 valence electrons. The Morgan fingerprint density at radius 1 is 1.40 bits per heavy atom. The minimum atomic E-state index is -0.0615. The van der Waals surface area contributed by atoms with Gasteiger partial charge in [0, 0.05) is 18.5 Å². The lowest BCUT2D eigenvalue weighted by Gasteiger charge is -2.21. The van der Waals surface area contributed by atoms with Gasteiger partial charge < -0.3 is 16.8 Å². The third-order valence-electron chi connectivity index (χ3n) is 1.98. The first-order chi connectivity index (χ1) is 6.95. The number of nitrogens with two attached hydrogens (primary N) is 2. The summed E-state index contributed by atoms with van der Waals surface area (Å²) in [6.45, 7) is 7.54. The van der Waals surface area contributed by atoms with Crippen molar-refractivity contribution in [1.29, 1.82) is 0 Å². The fraction of sp³-hybridized carbons (Fsp3) is 0.600. The monoisotopic (exact) mass is 209 g/mol. The van der Waals surface area contributed by atoms with Gasteiger partial charge in [0.05, 0.1) is 17.6 Å². The summed E-state index contributed by atoms with van der Waals surface area (Å²) in [5.41, 5.74) is 12.8. The first-order valence-corrected chi connectivity index (χ1v) is 5.02. The van der Waals surface area contributed by atoms with Crippen LogP contribution in [0.3, 0.4) is 0 Å². The number of hydrogen-bond donors (Lipinski definition) is 3. The van der Waals surface area contributed by atoms with E-state index in [9.17, 15) is 0 Å². The molecule has 0 fully saturated rings. The molecule has 0 aliphatic rings. The molecule has 0 unspecified atom stereocenters. The van der Waals surface area contributed by atoms with Crippen LogP contribution in [0.15, 0.2) is 6.20 Å². The van der Waals surface area contributed by atoms with E-state index < -0.39 is 0 Å². The van der Waals surface area contributed by atoms with E-state index in [1.165, 1.54) is 0 Å². The van der Waals surface area contributed by atoms with Gasteiger partial charge in [-0.25, -0.2) is 9.97 Å². The third kappa shape index (κ3) is 3.06. The summed E-state index contributed by atoms with van der Waals surface area (Å²) in [6.07, 6.45) is 1.71. The van der Waals surface area contributed by atoms with Crippen molar-refractivity contribution >= 4 is 11.6 Å². The summed E-state index contributed by atoms with van der Waals surface area (Å²) in [5, 5.41) is 3.19. The summed E-state index contributed by atoms with van der Waals surface area (Å²) in [6, 6.07) is 0. The molecule has 0 amide bonds. The number of nitrogens with one attached hydrogen (secondary N) is 1. The molecule has 0 radical (unpaired) electrons. The molecule has 1 aromatic rings. The van der Waals surface area contributed by atoms with Gasteiger partial charge in [-0.1, -0.05) is 20.8 Å². The zero-order valence-electron chi connectivity index (χ0n) is 9.54. The quantitative estimate of drug-likeness (QED) is 0.682. The fourth-order valence-corrected chi connectivity index (χ4v) is 1.30. The van der Waals surface area contributed by atoms with Crippen LogP contribution in [0.1, 0.15) is 26.5 Å². The topological polar surface area (TPSA) is 89.8 Å². The van der Waals surface area contributed by atoms with E-state index in [0.717, 1.165) is 11.4 Å². The van der Waals surface area contributed by atoms with E-state index in [-0.39, 0.29) is 5.41 Å². The molecular formula is C10H19N5. The second kappa shape index (κ2) is 4.44. The lowest BCUT2D eigenvalue weighted by Crippen LogP contribution is -2.21. The summed E-state index contributed by atoms with van der Waals surface area (Å²) >= 11 is 0. The summed E-state index contributed by atoms with van der Waals surface area (Å²) < 4.78 is 0. The van der Waals surface area contributed by atoms with E-state index in [4.69, 9.17) is 11.5 Å². The van der Waals surface area contributed by atoms with Crippen LogP contribution in [0, 0.1) is 0 Å². The Kier molecular flexibility index (Phi) is 3.47. The Bertz CT molecular complexity index is 329. The van der Waals surface area contributed by atoms with Crippen molar-refractivity contribution in [2.75, 3.05) is 24.1 Å². The number of nitrogen functional groups attached to an aromatic ring is 1. The van der Waals surface area contributed by atoms with Crippen molar-refractivity contribution in [1.82, 2.24) is 9.97 Å². The zero-order valence-corrected chi connectivity index (χ0v) is 9.54. The van der Waals surface area contributed by atoms with Crippen molar-refractivity contribution in [3.05, 3.63) is 11.9 Å². The van der Waals surface area contributed by atoms with E-state index >= 15 is 0 Å². The smallest absolute Gasteiger partial charge is 0.220 e. The van der Waals surface area contributed by atoms with E-state index in [1.807, 2.05) is 0 Å². The highest BCUT2D eigenvalue weighted by Gasteiger charge is 2.20. The Morgan fingerprint density at radius 2 is 2.07 bits per heavy atom. The summed E-state index contributed by atoms with van der Waals surface area (Å²) in [4.78, 5) is 8.23. The first-order valence-electron chi connectivity index (χ1n) is 5.02. The van der Waals surface area contributed by atoms with Gasteiger partial charge in [0.1, 0.15) is 0 Å². The van der Waals surface area contributed by atoms with E-state index in [1.54, 1.807) is 6.20 Å². The van der Waals surface area contributed by atoms with Crippen molar-refractivity contribution in [3.63, 3.8) is 0 Å². The molecular weight excluding hydrogens is 190 g/mol. The normalized spacial score (nSPS) is 11.5. The summed E-state index contributed by atoms with van der Waals surface area (Å²) in [5.74, 6) is 0.304. The largest absolute Gasteiger partial charge is 0.381 e. The molecule has 0 aliphatic heterocycles. The number of nitrogens with zero attached hydrogens (tertiary/aromatic N) is 2. The predicted octanol–water partition coefficient (Wildman–Crippen LogP) is 0.727. The van der Waals surface area contributed by atoms with Crippen LogP contribution in [0.5, 0.6) is 0 Å². The van der Waals surface area contributed by atoms with Crippen LogP contribution in [0.25, 0.3) is 0 Å². The molecule has 5 N–H and O–H groups in total. The Balaban J connectivity index is 3.04. The average Bonchev–Trinajstić information content (AvgIpc) is 2.14. The highest BCUT2D eigenvalue weighted by Crippen LogP contribution is 2.27.